The topological polar surface area (TPSA) is 30.0 Å². The Morgan fingerprint density at radius 3 is 2.64 bits per heavy atom. The molecular weight excluding hydrogens is 201 g/mol. The lowest BCUT2D eigenvalue weighted by Crippen LogP contribution is -1.80. The Bertz CT molecular complexity index is 449. The minimum absolute atomic E-state index is 0.286. The zero-order valence-electron chi connectivity index (χ0n) is 7.11. The normalized spacial score (nSPS) is 10.1. The van der Waals surface area contributed by atoms with Crippen LogP contribution in [0.1, 0.15) is 10.4 Å². The van der Waals surface area contributed by atoms with Gasteiger partial charge in [-0.2, -0.15) is 4.37 Å². The number of hydrogen-bond acceptors (Lipinski definition) is 3. The van der Waals surface area contributed by atoms with Crippen molar-refractivity contribution in [1.82, 2.24) is 4.37 Å². The van der Waals surface area contributed by atoms with Gasteiger partial charge in [0.15, 0.2) is 6.29 Å². The Hall–Kier alpha value is -1.55. The summed E-state index contributed by atoms with van der Waals surface area (Å²) in [6, 6.07) is 6.00. The first-order valence-corrected chi connectivity index (χ1v) is 4.74. The number of carbonyl (C=O) groups excluding carboxylic acids is 1. The van der Waals surface area contributed by atoms with E-state index in [2.05, 4.69) is 4.37 Å². The highest BCUT2D eigenvalue weighted by Gasteiger charge is 2.06. The van der Waals surface area contributed by atoms with Gasteiger partial charge >= 0.3 is 0 Å². The Morgan fingerprint density at radius 1 is 1.29 bits per heavy atom. The van der Waals surface area contributed by atoms with E-state index in [1.807, 2.05) is 0 Å². The van der Waals surface area contributed by atoms with Gasteiger partial charge in [0.05, 0.1) is 16.6 Å². The van der Waals surface area contributed by atoms with E-state index in [1.54, 1.807) is 12.1 Å². The number of rotatable bonds is 2. The summed E-state index contributed by atoms with van der Waals surface area (Å²) in [5.41, 5.74) is 1.36. The molecule has 70 valence electrons. The summed E-state index contributed by atoms with van der Waals surface area (Å²) in [7, 11) is 0. The van der Waals surface area contributed by atoms with Gasteiger partial charge < -0.3 is 0 Å². The molecule has 1 aromatic carbocycles. The molecule has 0 radical (unpaired) electrons. The second-order valence-corrected chi connectivity index (χ2v) is 3.54. The summed E-state index contributed by atoms with van der Waals surface area (Å²) in [6.07, 6.45) is 2.26. The van der Waals surface area contributed by atoms with Crippen LogP contribution in [0, 0.1) is 5.82 Å². The first-order valence-electron chi connectivity index (χ1n) is 3.97. The molecular formula is C10H6FNOS. The number of aromatic nitrogens is 1. The van der Waals surface area contributed by atoms with E-state index < -0.39 is 0 Å². The summed E-state index contributed by atoms with van der Waals surface area (Å²) in [5.74, 6) is -0.286. The molecule has 0 saturated heterocycles. The van der Waals surface area contributed by atoms with E-state index in [9.17, 15) is 9.18 Å². The third-order valence-corrected chi connectivity index (χ3v) is 2.70. The molecule has 0 aliphatic carbocycles. The Balaban J connectivity index is 2.49. The largest absolute Gasteiger partial charge is 0.298 e. The first kappa shape index (κ1) is 9.02. The van der Waals surface area contributed by atoms with Gasteiger partial charge in [0.25, 0.3) is 0 Å². The van der Waals surface area contributed by atoms with Crippen molar-refractivity contribution < 1.29 is 9.18 Å². The molecule has 0 aliphatic rings. The minimum atomic E-state index is -0.286. The highest BCUT2D eigenvalue weighted by molar-refractivity contribution is 7.10. The molecule has 0 N–H and O–H groups in total. The SMILES string of the molecule is O=Cc1cnsc1-c1ccc(F)cc1. The van der Waals surface area contributed by atoms with E-state index >= 15 is 0 Å². The average molecular weight is 207 g/mol. The highest BCUT2D eigenvalue weighted by atomic mass is 32.1. The average Bonchev–Trinajstić information content (AvgIpc) is 2.67. The lowest BCUT2D eigenvalue weighted by molar-refractivity contribution is 0.112. The van der Waals surface area contributed by atoms with Gasteiger partial charge in [0.1, 0.15) is 5.82 Å². The maximum Gasteiger partial charge on any atom is 0.153 e. The standard InChI is InChI=1S/C10H6FNOS/c11-9-3-1-7(2-4-9)10-8(6-13)5-12-14-10/h1-6H. The summed E-state index contributed by atoms with van der Waals surface area (Å²) >= 11 is 1.23. The quantitative estimate of drug-likeness (QED) is 0.709. The molecule has 0 aliphatic heterocycles. The highest BCUT2D eigenvalue weighted by Crippen LogP contribution is 2.26. The van der Waals surface area contributed by atoms with Crippen LogP contribution >= 0.6 is 11.5 Å². The summed E-state index contributed by atoms with van der Waals surface area (Å²) in [6.45, 7) is 0. The van der Waals surface area contributed by atoms with E-state index in [4.69, 9.17) is 0 Å². The van der Waals surface area contributed by atoms with Crippen LogP contribution < -0.4 is 0 Å². The van der Waals surface area contributed by atoms with Crippen LogP contribution in [-0.4, -0.2) is 10.7 Å². The Labute approximate surface area is 84.2 Å². The number of benzene rings is 1. The van der Waals surface area contributed by atoms with Gasteiger partial charge in [-0.3, -0.25) is 4.79 Å². The summed E-state index contributed by atoms with van der Waals surface area (Å²) in [4.78, 5) is 11.4. The number of halogens is 1. The van der Waals surface area contributed by atoms with Crippen molar-refractivity contribution in [2.75, 3.05) is 0 Å². The van der Waals surface area contributed by atoms with E-state index in [0.717, 1.165) is 16.7 Å². The number of carbonyl (C=O) groups is 1. The van der Waals surface area contributed by atoms with E-state index in [1.165, 1.54) is 29.9 Å². The fourth-order valence-corrected chi connectivity index (χ4v) is 1.87. The first-order chi connectivity index (χ1) is 6.81. The third-order valence-electron chi connectivity index (χ3n) is 1.83. The summed E-state index contributed by atoms with van der Waals surface area (Å²) < 4.78 is 16.5. The monoisotopic (exact) mass is 207 g/mol. The fourth-order valence-electron chi connectivity index (χ4n) is 1.15. The third kappa shape index (κ3) is 1.56. The molecule has 0 unspecified atom stereocenters. The van der Waals surface area contributed by atoms with Crippen LogP contribution in [0.3, 0.4) is 0 Å². The molecule has 0 amide bonds. The molecule has 2 aromatic rings. The lowest BCUT2D eigenvalue weighted by atomic mass is 10.1. The van der Waals surface area contributed by atoms with E-state index in [-0.39, 0.29) is 5.82 Å². The zero-order valence-corrected chi connectivity index (χ0v) is 7.92. The molecule has 0 spiro atoms. The van der Waals surface area contributed by atoms with Crippen molar-refractivity contribution >= 4 is 17.8 Å². The predicted molar refractivity (Wildman–Crippen MR) is 52.9 cm³/mol. The van der Waals surface area contributed by atoms with Crippen molar-refractivity contribution in [3.8, 4) is 10.4 Å². The van der Waals surface area contributed by atoms with Gasteiger partial charge in [-0.1, -0.05) is 12.1 Å². The fraction of sp³-hybridized carbons (Fsp3) is 0. The smallest absolute Gasteiger partial charge is 0.153 e. The number of hydrogen-bond donors (Lipinski definition) is 0. The molecule has 0 fully saturated rings. The van der Waals surface area contributed by atoms with Crippen LogP contribution in [0.25, 0.3) is 10.4 Å². The number of nitrogens with zero attached hydrogens (tertiary/aromatic N) is 1. The molecule has 4 heteroatoms. The predicted octanol–water partition coefficient (Wildman–Crippen LogP) is 2.76. The molecule has 1 aromatic heterocycles. The molecule has 2 rings (SSSR count). The molecule has 0 atom stereocenters. The van der Waals surface area contributed by atoms with Gasteiger partial charge in [-0.25, -0.2) is 4.39 Å². The molecule has 1 heterocycles. The maximum absolute atomic E-state index is 12.6. The number of aldehydes is 1. The van der Waals surface area contributed by atoms with Crippen LogP contribution in [0.2, 0.25) is 0 Å². The van der Waals surface area contributed by atoms with Crippen molar-refractivity contribution in [2.24, 2.45) is 0 Å². The van der Waals surface area contributed by atoms with Crippen molar-refractivity contribution in [1.29, 1.82) is 0 Å². The molecule has 0 bridgehead atoms. The second-order valence-electron chi connectivity index (χ2n) is 2.74. The van der Waals surface area contributed by atoms with Crippen LogP contribution in [0.4, 0.5) is 4.39 Å². The van der Waals surface area contributed by atoms with Crippen molar-refractivity contribution in [2.45, 2.75) is 0 Å². The Morgan fingerprint density at radius 2 is 2.00 bits per heavy atom. The van der Waals surface area contributed by atoms with Crippen molar-refractivity contribution in [3.63, 3.8) is 0 Å². The molecule has 0 saturated carbocycles. The van der Waals surface area contributed by atoms with E-state index in [0.29, 0.717) is 5.56 Å². The van der Waals surface area contributed by atoms with Gasteiger partial charge in [0, 0.05) is 0 Å². The Kier molecular flexibility index (Phi) is 2.37. The summed E-state index contributed by atoms with van der Waals surface area (Å²) in [5, 5.41) is 0. The second kappa shape index (κ2) is 3.67. The van der Waals surface area contributed by atoms with Gasteiger partial charge in [-0.05, 0) is 29.2 Å². The van der Waals surface area contributed by atoms with Crippen LogP contribution in [0.15, 0.2) is 30.5 Å². The van der Waals surface area contributed by atoms with Crippen LogP contribution in [-0.2, 0) is 0 Å². The molecule has 14 heavy (non-hydrogen) atoms. The minimum Gasteiger partial charge on any atom is -0.298 e. The van der Waals surface area contributed by atoms with Crippen LogP contribution in [0.5, 0.6) is 0 Å². The van der Waals surface area contributed by atoms with Gasteiger partial charge in [0.2, 0.25) is 0 Å². The lowest BCUT2D eigenvalue weighted by Gasteiger charge is -1.96. The van der Waals surface area contributed by atoms with Crippen molar-refractivity contribution in [3.05, 3.63) is 41.8 Å². The maximum atomic E-state index is 12.6. The molecule has 2 nitrogen and oxygen atoms in total. The zero-order chi connectivity index (χ0) is 9.97. The van der Waals surface area contributed by atoms with Gasteiger partial charge in [-0.15, -0.1) is 0 Å².